The predicted molar refractivity (Wildman–Crippen MR) is 278 cm³/mol. The standard InChI is InChI=1S/C64H53NS/c1-62(2)50-19-8-5-14-44(50)45-29-27-42(36-54(45)62)65(55-22-13-25-58-60(55)49-16-7-10-24-57(49)66-58)56-23-12-18-47-46-28-26-39(35-53(46)63(3,4)61(47)56)43-17-11-21-52-59(43)48-15-6-9-20-51(48)64(52)40-31-37-30-38(33-40)34-41(64)32-37/h5-29,35-38,40-41H,30-34H2,1-4H3. The van der Waals surface area contributed by atoms with E-state index < -0.39 is 0 Å². The Morgan fingerprint density at radius 1 is 0.439 bits per heavy atom. The lowest BCUT2D eigenvalue weighted by atomic mass is 9.43. The van der Waals surface area contributed by atoms with Crippen LogP contribution >= 0.6 is 11.3 Å². The van der Waals surface area contributed by atoms with E-state index in [1.54, 1.807) is 11.1 Å². The third-order valence-electron chi connectivity index (χ3n) is 18.2. The SMILES string of the molecule is CC1(C)c2ccccc2-c2ccc(N(c3cccc4c3C(C)(C)c3cc(-c5cccc6c5-c5ccccc5C65C6CC7CC(C6)CC5C7)ccc3-4)c3cccc4sc5ccccc5c34)cc21. The summed E-state index contributed by atoms with van der Waals surface area (Å²) >= 11 is 1.90. The second-order valence-electron chi connectivity index (χ2n) is 22.0. The molecule has 0 radical (unpaired) electrons. The molecule has 1 spiro atoms. The molecule has 8 aromatic carbocycles. The van der Waals surface area contributed by atoms with Crippen molar-refractivity contribution >= 4 is 48.6 Å². The predicted octanol–water partition coefficient (Wildman–Crippen LogP) is 17.5. The van der Waals surface area contributed by atoms with Crippen LogP contribution in [0.4, 0.5) is 17.1 Å². The molecular formula is C64H53NS. The van der Waals surface area contributed by atoms with E-state index in [0.717, 1.165) is 23.7 Å². The van der Waals surface area contributed by atoms with Gasteiger partial charge in [-0.2, -0.15) is 0 Å². The summed E-state index contributed by atoms with van der Waals surface area (Å²) < 4.78 is 2.65. The van der Waals surface area contributed by atoms with Gasteiger partial charge >= 0.3 is 0 Å². The van der Waals surface area contributed by atoms with E-state index in [9.17, 15) is 0 Å². The molecule has 66 heavy (non-hydrogen) atoms. The zero-order valence-electron chi connectivity index (χ0n) is 38.3. The molecular weight excluding hydrogens is 815 g/mol. The van der Waals surface area contributed by atoms with E-state index in [1.165, 1.54) is 136 Å². The zero-order valence-corrected chi connectivity index (χ0v) is 39.1. The first-order valence-electron chi connectivity index (χ1n) is 24.7. The summed E-state index contributed by atoms with van der Waals surface area (Å²) in [6, 6.07) is 63.9. The Bertz CT molecular complexity index is 3550. The minimum absolute atomic E-state index is 0.118. The fourth-order valence-corrected chi connectivity index (χ4v) is 17.0. The average molecular weight is 868 g/mol. The van der Waals surface area contributed by atoms with Crippen LogP contribution in [0.5, 0.6) is 0 Å². The Morgan fingerprint density at radius 3 is 1.86 bits per heavy atom. The van der Waals surface area contributed by atoms with Crippen LogP contribution in [0.2, 0.25) is 0 Å². The first-order valence-corrected chi connectivity index (χ1v) is 25.5. The van der Waals surface area contributed by atoms with Crippen molar-refractivity contribution in [3.05, 3.63) is 197 Å². The molecule has 4 bridgehead atoms. The van der Waals surface area contributed by atoms with E-state index in [-0.39, 0.29) is 16.2 Å². The quantitative estimate of drug-likeness (QED) is 0.170. The highest BCUT2D eigenvalue weighted by molar-refractivity contribution is 7.26. The molecule has 320 valence electrons. The number of benzene rings is 8. The van der Waals surface area contributed by atoms with Gasteiger partial charge in [0.2, 0.25) is 0 Å². The lowest BCUT2D eigenvalue weighted by Crippen LogP contribution is -2.55. The minimum atomic E-state index is -0.273. The molecule has 4 fully saturated rings. The summed E-state index contributed by atoms with van der Waals surface area (Å²) in [5.74, 6) is 3.38. The fourth-order valence-electron chi connectivity index (χ4n) is 15.8. The number of rotatable bonds is 4. The van der Waals surface area contributed by atoms with Crippen LogP contribution in [0.15, 0.2) is 164 Å². The number of nitrogens with zero attached hydrogens (tertiary/aromatic N) is 1. The Labute approximate surface area is 392 Å². The van der Waals surface area contributed by atoms with Gasteiger partial charge in [0.05, 0.1) is 11.4 Å². The van der Waals surface area contributed by atoms with Crippen LogP contribution in [-0.2, 0) is 16.2 Å². The van der Waals surface area contributed by atoms with Gasteiger partial charge in [-0.3, -0.25) is 0 Å². The number of thiophene rings is 1. The Morgan fingerprint density at radius 2 is 1.03 bits per heavy atom. The summed E-state index contributed by atoms with van der Waals surface area (Å²) in [5, 5.41) is 2.64. The summed E-state index contributed by atoms with van der Waals surface area (Å²) in [6.45, 7) is 9.78. The maximum absolute atomic E-state index is 2.62. The summed E-state index contributed by atoms with van der Waals surface area (Å²) in [5.41, 5.74) is 23.5. The fraction of sp³-hybridized carbons (Fsp3) is 0.250. The normalized spacial score (nSPS) is 23.8. The number of anilines is 3. The van der Waals surface area contributed by atoms with E-state index in [2.05, 4.69) is 196 Å². The number of hydrogen-bond donors (Lipinski definition) is 0. The molecule has 9 aromatic rings. The van der Waals surface area contributed by atoms with Crippen LogP contribution in [0.25, 0.3) is 64.7 Å². The van der Waals surface area contributed by atoms with E-state index >= 15 is 0 Å². The van der Waals surface area contributed by atoms with Gasteiger partial charge in [-0.25, -0.2) is 0 Å². The first-order chi connectivity index (χ1) is 32.2. The van der Waals surface area contributed by atoms with Gasteiger partial charge in [0.15, 0.2) is 0 Å². The lowest BCUT2D eigenvalue weighted by molar-refractivity contribution is -0.0399. The molecule has 0 atom stereocenters. The monoisotopic (exact) mass is 867 g/mol. The molecule has 1 nitrogen and oxygen atoms in total. The van der Waals surface area contributed by atoms with Gasteiger partial charge in [0, 0.05) is 42.1 Å². The average Bonchev–Trinajstić information content (AvgIpc) is 4.01. The van der Waals surface area contributed by atoms with E-state index in [0.29, 0.717) is 0 Å². The van der Waals surface area contributed by atoms with Crippen molar-refractivity contribution in [3.63, 3.8) is 0 Å². The highest BCUT2D eigenvalue weighted by Crippen LogP contribution is 2.70. The molecule has 4 saturated carbocycles. The maximum Gasteiger partial charge on any atom is 0.0554 e. The van der Waals surface area contributed by atoms with Crippen LogP contribution in [0.3, 0.4) is 0 Å². The van der Waals surface area contributed by atoms with Crippen molar-refractivity contribution in [1.82, 2.24) is 0 Å². The van der Waals surface area contributed by atoms with Crippen LogP contribution in [-0.4, -0.2) is 0 Å². The Hall–Kier alpha value is -6.22. The van der Waals surface area contributed by atoms with Crippen LogP contribution in [0.1, 0.15) is 93.2 Å². The molecule has 7 aliphatic rings. The molecule has 7 aliphatic carbocycles. The molecule has 0 amide bonds. The third-order valence-corrected chi connectivity index (χ3v) is 19.4. The van der Waals surface area contributed by atoms with Crippen molar-refractivity contribution in [2.24, 2.45) is 23.7 Å². The smallest absolute Gasteiger partial charge is 0.0554 e. The zero-order chi connectivity index (χ0) is 43.8. The summed E-state index contributed by atoms with van der Waals surface area (Å²) in [7, 11) is 0. The Kier molecular flexibility index (Phi) is 7.48. The minimum Gasteiger partial charge on any atom is -0.309 e. The van der Waals surface area contributed by atoms with Crippen LogP contribution in [0, 0.1) is 23.7 Å². The van der Waals surface area contributed by atoms with Gasteiger partial charge in [-0.05, 0) is 176 Å². The molecule has 0 unspecified atom stereocenters. The van der Waals surface area contributed by atoms with Crippen molar-refractivity contribution in [1.29, 1.82) is 0 Å². The second kappa shape index (κ2) is 13.0. The molecule has 16 rings (SSSR count). The highest BCUT2D eigenvalue weighted by Gasteiger charge is 2.61. The molecule has 0 aliphatic heterocycles. The van der Waals surface area contributed by atoms with Gasteiger partial charge in [-0.15, -0.1) is 11.3 Å². The van der Waals surface area contributed by atoms with Gasteiger partial charge in [-0.1, -0.05) is 149 Å². The van der Waals surface area contributed by atoms with E-state index in [1.807, 2.05) is 11.3 Å². The lowest BCUT2D eigenvalue weighted by Gasteiger charge is -2.61. The van der Waals surface area contributed by atoms with Crippen molar-refractivity contribution in [2.75, 3.05) is 4.90 Å². The van der Waals surface area contributed by atoms with E-state index in [4.69, 9.17) is 0 Å². The second-order valence-corrected chi connectivity index (χ2v) is 23.1. The molecule has 1 aromatic heterocycles. The molecule has 2 heteroatoms. The Balaban J connectivity index is 0.917. The van der Waals surface area contributed by atoms with Gasteiger partial charge in [0.25, 0.3) is 0 Å². The number of hydrogen-bond acceptors (Lipinski definition) is 2. The summed E-state index contributed by atoms with van der Waals surface area (Å²) in [6.07, 6.45) is 7.10. The first kappa shape index (κ1) is 37.9. The largest absolute Gasteiger partial charge is 0.309 e. The van der Waals surface area contributed by atoms with Gasteiger partial charge < -0.3 is 4.90 Å². The van der Waals surface area contributed by atoms with Crippen molar-refractivity contribution < 1.29 is 0 Å². The van der Waals surface area contributed by atoms with Crippen molar-refractivity contribution in [3.8, 4) is 44.5 Å². The maximum atomic E-state index is 2.62. The van der Waals surface area contributed by atoms with Crippen molar-refractivity contribution in [2.45, 2.75) is 76.0 Å². The third kappa shape index (κ3) is 4.71. The molecule has 1 heterocycles. The van der Waals surface area contributed by atoms with Crippen LogP contribution < -0.4 is 4.90 Å². The summed E-state index contributed by atoms with van der Waals surface area (Å²) in [4.78, 5) is 2.62. The molecule has 0 saturated heterocycles. The topological polar surface area (TPSA) is 3.24 Å². The number of fused-ring (bicyclic) bond motifs is 12. The highest BCUT2D eigenvalue weighted by atomic mass is 32.1. The van der Waals surface area contributed by atoms with Gasteiger partial charge in [0.1, 0.15) is 0 Å². The molecule has 0 N–H and O–H groups in total.